The Balaban J connectivity index is 1.56. The van der Waals surface area contributed by atoms with E-state index in [0.29, 0.717) is 18.7 Å². The molecule has 1 heterocycles. The number of methoxy groups -OCH3 is 1. The molecule has 1 N–H and O–H groups in total. The second-order valence-corrected chi connectivity index (χ2v) is 8.53. The highest BCUT2D eigenvalue weighted by atomic mass is 32.2. The molecule has 0 aliphatic carbocycles. The van der Waals surface area contributed by atoms with Crippen molar-refractivity contribution < 1.29 is 17.9 Å². The first-order valence-electron chi connectivity index (χ1n) is 9.11. The summed E-state index contributed by atoms with van der Waals surface area (Å²) in [7, 11) is -0.484. The van der Waals surface area contributed by atoms with E-state index in [-0.39, 0.29) is 10.8 Å². The summed E-state index contributed by atoms with van der Waals surface area (Å²) in [6, 6.07) is 14.1. The Morgan fingerprint density at radius 3 is 2.14 bits per heavy atom. The predicted octanol–water partition coefficient (Wildman–Crippen LogP) is 1.56. The molecule has 0 radical (unpaired) electrons. The molecule has 150 valence electrons. The van der Waals surface area contributed by atoms with Crippen LogP contribution in [0.1, 0.15) is 15.9 Å². The van der Waals surface area contributed by atoms with Gasteiger partial charge in [0.2, 0.25) is 10.0 Å². The van der Waals surface area contributed by atoms with Gasteiger partial charge in [-0.2, -0.15) is 0 Å². The molecule has 8 heteroatoms. The van der Waals surface area contributed by atoms with Crippen molar-refractivity contribution in [3.8, 4) is 5.75 Å². The lowest BCUT2D eigenvalue weighted by atomic mass is 10.1. The number of piperazine rings is 1. The Hall–Kier alpha value is -2.42. The second kappa shape index (κ2) is 8.72. The summed E-state index contributed by atoms with van der Waals surface area (Å²) in [5, 5.41) is 0. The lowest BCUT2D eigenvalue weighted by Gasteiger charge is -2.34. The molecular formula is C20H25N3O4S. The Morgan fingerprint density at radius 1 is 1.00 bits per heavy atom. The van der Waals surface area contributed by atoms with Crippen LogP contribution in [0.5, 0.6) is 5.75 Å². The van der Waals surface area contributed by atoms with E-state index in [2.05, 4.69) is 21.8 Å². The van der Waals surface area contributed by atoms with Gasteiger partial charge in [0.05, 0.1) is 12.0 Å². The molecule has 1 saturated heterocycles. The van der Waals surface area contributed by atoms with Crippen molar-refractivity contribution in [2.24, 2.45) is 0 Å². The first kappa shape index (κ1) is 20.3. The average molecular weight is 404 g/mol. The van der Waals surface area contributed by atoms with Crippen molar-refractivity contribution in [1.29, 1.82) is 0 Å². The third-order valence-electron chi connectivity index (χ3n) is 4.91. The fraction of sp³-hybridized carbons (Fsp3) is 0.350. The normalized spacial score (nSPS) is 15.4. The molecule has 0 aromatic heterocycles. The van der Waals surface area contributed by atoms with Gasteiger partial charge in [-0.3, -0.25) is 9.69 Å². The SMILES string of the molecule is CNS(=O)(=O)c1ccc(C(=O)N2CCN(Cc3ccc(OC)cc3)CC2)cc1. The van der Waals surface area contributed by atoms with Crippen LogP contribution in [-0.4, -0.2) is 64.5 Å². The predicted molar refractivity (Wildman–Crippen MR) is 107 cm³/mol. The number of benzene rings is 2. The minimum absolute atomic E-state index is 0.0718. The van der Waals surface area contributed by atoms with Crippen molar-refractivity contribution >= 4 is 15.9 Å². The minimum Gasteiger partial charge on any atom is -0.497 e. The molecule has 0 saturated carbocycles. The summed E-state index contributed by atoms with van der Waals surface area (Å²) in [6.07, 6.45) is 0. The molecule has 1 fully saturated rings. The average Bonchev–Trinajstić information content (AvgIpc) is 2.74. The van der Waals surface area contributed by atoms with E-state index < -0.39 is 10.0 Å². The number of carbonyl (C=O) groups is 1. The third-order valence-corrected chi connectivity index (χ3v) is 6.34. The first-order chi connectivity index (χ1) is 13.4. The number of carbonyl (C=O) groups excluding carboxylic acids is 1. The number of nitrogens with one attached hydrogen (secondary N) is 1. The lowest BCUT2D eigenvalue weighted by molar-refractivity contribution is 0.0628. The molecule has 0 bridgehead atoms. The third kappa shape index (κ3) is 4.70. The highest BCUT2D eigenvalue weighted by Crippen LogP contribution is 2.16. The number of nitrogens with zero attached hydrogens (tertiary/aromatic N) is 2. The van der Waals surface area contributed by atoms with Gasteiger partial charge in [-0.05, 0) is 49.0 Å². The van der Waals surface area contributed by atoms with Gasteiger partial charge in [0, 0.05) is 38.3 Å². The van der Waals surface area contributed by atoms with E-state index in [0.717, 1.165) is 25.4 Å². The Bertz CT molecular complexity index is 903. The van der Waals surface area contributed by atoms with Gasteiger partial charge in [0.25, 0.3) is 5.91 Å². The monoisotopic (exact) mass is 403 g/mol. The zero-order chi connectivity index (χ0) is 20.1. The number of rotatable bonds is 6. The number of ether oxygens (including phenoxy) is 1. The molecule has 3 rings (SSSR count). The molecule has 2 aromatic rings. The molecule has 1 aliphatic heterocycles. The molecular weight excluding hydrogens is 378 g/mol. The van der Waals surface area contributed by atoms with Crippen LogP contribution in [-0.2, 0) is 16.6 Å². The minimum atomic E-state index is -3.50. The van der Waals surface area contributed by atoms with Gasteiger partial charge in [-0.15, -0.1) is 0 Å². The lowest BCUT2D eigenvalue weighted by Crippen LogP contribution is -2.48. The van der Waals surface area contributed by atoms with Crippen LogP contribution < -0.4 is 9.46 Å². The smallest absolute Gasteiger partial charge is 0.253 e. The molecule has 1 aliphatic rings. The molecule has 28 heavy (non-hydrogen) atoms. The molecule has 2 aromatic carbocycles. The maximum absolute atomic E-state index is 12.7. The fourth-order valence-electron chi connectivity index (χ4n) is 3.18. The van der Waals surface area contributed by atoms with Crippen molar-refractivity contribution in [2.75, 3.05) is 40.3 Å². The summed E-state index contributed by atoms with van der Waals surface area (Å²) >= 11 is 0. The van der Waals surface area contributed by atoms with E-state index in [1.165, 1.54) is 24.7 Å². The van der Waals surface area contributed by atoms with Gasteiger partial charge < -0.3 is 9.64 Å². The first-order valence-corrected chi connectivity index (χ1v) is 10.6. The number of hydrogen-bond acceptors (Lipinski definition) is 5. The van der Waals surface area contributed by atoms with Crippen LogP contribution in [0, 0.1) is 0 Å². The van der Waals surface area contributed by atoms with Gasteiger partial charge >= 0.3 is 0 Å². The van der Waals surface area contributed by atoms with Crippen LogP contribution in [0.15, 0.2) is 53.4 Å². The van der Waals surface area contributed by atoms with Crippen LogP contribution in [0.25, 0.3) is 0 Å². The van der Waals surface area contributed by atoms with E-state index in [4.69, 9.17) is 4.74 Å². The van der Waals surface area contributed by atoms with Crippen molar-refractivity contribution in [3.05, 3.63) is 59.7 Å². The Morgan fingerprint density at radius 2 is 1.61 bits per heavy atom. The van der Waals surface area contributed by atoms with Crippen LogP contribution >= 0.6 is 0 Å². The van der Waals surface area contributed by atoms with Gasteiger partial charge in [-0.1, -0.05) is 12.1 Å². The van der Waals surface area contributed by atoms with Gasteiger partial charge in [-0.25, -0.2) is 13.1 Å². The zero-order valence-corrected chi connectivity index (χ0v) is 16.9. The summed E-state index contributed by atoms with van der Waals surface area (Å²) in [4.78, 5) is 17.0. The van der Waals surface area contributed by atoms with E-state index in [1.807, 2.05) is 17.0 Å². The summed E-state index contributed by atoms with van der Waals surface area (Å²) < 4.78 is 31.0. The van der Waals surface area contributed by atoms with Gasteiger partial charge in [0.15, 0.2) is 0 Å². The van der Waals surface area contributed by atoms with E-state index in [1.54, 1.807) is 19.2 Å². The molecule has 0 atom stereocenters. The van der Waals surface area contributed by atoms with Crippen molar-refractivity contribution in [1.82, 2.24) is 14.5 Å². The summed E-state index contributed by atoms with van der Waals surface area (Å²) in [5.41, 5.74) is 1.71. The zero-order valence-electron chi connectivity index (χ0n) is 16.1. The molecule has 1 amide bonds. The molecule has 0 unspecified atom stereocenters. The maximum Gasteiger partial charge on any atom is 0.253 e. The van der Waals surface area contributed by atoms with Crippen LogP contribution in [0.2, 0.25) is 0 Å². The molecule has 7 nitrogen and oxygen atoms in total. The number of hydrogen-bond donors (Lipinski definition) is 1. The van der Waals surface area contributed by atoms with Crippen molar-refractivity contribution in [3.63, 3.8) is 0 Å². The van der Waals surface area contributed by atoms with Gasteiger partial charge in [0.1, 0.15) is 5.75 Å². The van der Waals surface area contributed by atoms with Crippen LogP contribution in [0.3, 0.4) is 0 Å². The number of sulfonamides is 1. The van der Waals surface area contributed by atoms with Crippen molar-refractivity contribution in [2.45, 2.75) is 11.4 Å². The topological polar surface area (TPSA) is 79.0 Å². The second-order valence-electron chi connectivity index (χ2n) is 6.65. The summed E-state index contributed by atoms with van der Waals surface area (Å²) in [5.74, 6) is 0.769. The standard InChI is InChI=1S/C20H25N3O4S/c1-21-28(25,26)19-9-5-17(6-10-19)20(24)23-13-11-22(12-14-23)15-16-3-7-18(27-2)8-4-16/h3-10,21H,11-15H2,1-2H3. The largest absolute Gasteiger partial charge is 0.497 e. The summed E-state index contributed by atoms with van der Waals surface area (Å²) in [6.45, 7) is 3.72. The fourth-order valence-corrected chi connectivity index (χ4v) is 3.91. The highest BCUT2D eigenvalue weighted by Gasteiger charge is 2.22. The van der Waals surface area contributed by atoms with E-state index >= 15 is 0 Å². The highest BCUT2D eigenvalue weighted by molar-refractivity contribution is 7.89. The number of amides is 1. The Kier molecular flexibility index (Phi) is 6.33. The van der Waals surface area contributed by atoms with E-state index in [9.17, 15) is 13.2 Å². The maximum atomic E-state index is 12.7. The quantitative estimate of drug-likeness (QED) is 0.792. The molecule has 0 spiro atoms. The Labute approximate surface area is 166 Å². The van der Waals surface area contributed by atoms with Crippen LogP contribution in [0.4, 0.5) is 0 Å².